The maximum absolute atomic E-state index is 12.2. The summed E-state index contributed by atoms with van der Waals surface area (Å²) in [5.74, 6) is 0.708. The van der Waals surface area contributed by atoms with Crippen LogP contribution in [0.25, 0.3) is 0 Å². The Kier molecular flexibility index (Phi) is 6.66. The van der Waals surface area contributed by atoms with E-state index in [9.17, 15) is 4.79 Å². The molecule has 2 N–H and O–H groups in total. The number of likely N-dealkylation sites (tertiary alicyclic amines) is 1. The van der Waals surface area contributed by atoms with Crippen molar-refractivity contribution in [3.8, 4) is 6.07 Å². The second-order valence-electron chi connectivity index (χ2n) is 5.45. The molecule has 1 atom stereocenters. The molecule has 116 valence electrons. The fourth-order valence-electron chi connectivity index (χ4n) is 2.45. The van der Waals surface area contributed by atoms with Crippen molar-refractivity contribution in [3.05, 3.63) is 18.0 Å². The molecule has 1 unspecified atom stereocenters. The van der Waals surface area contributed by atoms with E-state index in [1.54, 1.807) is 16.9 Å². The Hall–Kier alpha value is -1.58. The van der Waals surface area contributed by atoms with Gasteiger partial charge in [0, 0.05) is 19.6 Å². The standard InChI is InChI=1S/C14H21N5O.ClH/c1-11-3-7-18(8-4-11)14(20)13(16)5-9-19-12(10-15)2-6-17-19;/h2,6,11,13H,3-5,7-9,16H2,1H3;1H. The highest BCUT2D eigenvalue weighted by Crippen LogP contribution is 2.16. The quantitative estimate of drug-likeness (QED) is 0.903. The number of halogens is 1. The van der Waals surface area contributed by atoms with Crippen LogP contribution in [-0.4, -0.2) is 39.7 Å². The van der Waals surface area contributed by atoms with E-state index in [1.165, 1.54) is 0 Å². The molecule has 6 nitrogen and oxygen atoms in total. The van der Waals surface area contributed by atoms with Crippen molar-refractivity contribution in [1.82, 2.24) is 14.7 Å². The number of carbonyl (C=O) groups excluding carboxylic acids is 1. The predicted molar refractivity (Wildman–Crippen MR) is 81.8 cm³/mol. The number of aromatic nitrogens is 2. The normalized spacial score (nSPS) is 16.9. The Morgan fingerprint density at radius 3 is 2.86 bits per heavy atom. The van der Waals surface area contributed by atoms with Gasteiger partial charge < -0.3 is 10.6 Å². The molecule has 2 rings (SSSR count). The van der Waals surface area contributed by atoms with Crippen molar-refractivity contribution in [1.29, 1.82) is 5.26 Å². The molecule has 0 aliphatic carbocycles. The summed E-state index contributed by atoms with van der Waals surface area (Å²) in [4.78, 5) is 14.1. The van der Waals surface area contributed by atoms with Crippen molar-refractivity contribution in [3.63, 3.8) is 0 Å². The van der Waals surface area contributed by atoms with Crippen LogP contribution in [0.4, 0.5) is 0 Å². The maximum Gasteiger partial charge on any atom is 0.239 e. The first kappa shape index (κ1) is 17.5. The van der Waals surface area contributed by atoms with Crippen LogP contribution < -0.4 is 5.73 Å². The number of nitriles is 1. The largest absolute Gasteiger partial charge is 0.341 e. The second kappa shape index (κ2) is 8.01. The van der Waals surface area contributed by atoms with E-state index in [4.69, 9.17) is 11.0 Å². The van der Waals surface area contributed by atoms with Gasteiger partial charge in [-0.1, -0.05) is 6.92 Å². The highest BCUT2D eigenvalue weighted by molar-refractivity contribution is 5.85. The third kappa shape index (κ3) is 4.45. The summed E-state index contributed by atoms with van der Waals surface area (Å²) in [6.07, 6.45) is 4.19. The molecule has 21 heavy (non-hydrogen) atoms. The molecular weight excluding hydrogens is 290 g/mol. The minimum absolute atomic E-state index is 0. The molecule has 2 heterocycles. The lowest BCUT2D eigenvalue weighted by molar-refractivity contribution is -0.134. The predicted octanol–water partition coefficient (Wildman–Crippen LogP) is 1.15. The van der Waals surface area contributed by atoms with Crippen LogP contribution in [0.5, 0.6) is 0 Å². The molecule has 0 bridgehead atoms. The fraction of sp³-hybridized carbons (Fsp3) is 0.643. The zero-order chi connectivity index (χ0) is 14.5. The van der Waals surface area contributed by atoms with Gasteiger partial charge in [0.25, 0.3) is 0 Å². The Bertz CT molecular complexity index is 502. The van der Waals surface area contributed by atoms with Gasteiger partial charge in [0.2, 0.25) is 5.91 Å². The SMILES string of the molecule is CC1CCN(C(=O)C(N)CCn2nccc2C#N)CC1.Cl. The summed E-state index contributed by atoms with van der Waals surface area (Å²) in [5, 5.41) is 12.9. The molecule has 0 saturated carbocycles. The highest BCUT2D eigenvalue weighted by Gasteiger charge is 2.24. The average Bonchev–Trinajstić information content (AvgIpc) is 2.92. The molecule has 1 aliphatic rings. The van der Waals surface area contributed by atoms with Gasteiger partial charge in [-0.05, 0) is 31.2 Å². The number of piperidine rings is 1. The highest BCUT2D eigenvalue weighted by atomic mass is 35.5. The Labute approximate surface area is 131 Å². The smallest absolute Gasteiger partial charge is 0.239 e. The third-order valence-corrected chi connectivity index (χ3v) is 3.90. The minimum Gasteiger partial charge on any atom is -0.341 e. The van der Waals surface area contributed by atoms with E-state index >= 15 is 0 Å². The summed E-state index contributed by atoms with van der Waals surface area (Å²) < 4.78 is 1.59. The maximum atomic E-state index is 12.2. The number of carbonyl (C=O) groups is 1. The minimum atomic E-state index is -0.515. The Morgan fingerprint density at radius 2 is 2.24 bits per heavy atom. The van der Waals surface area contributed by atoms with E-state index in [1.807, 2.05) is 4.90 Å². The number of hydrogen-bond donors (Lipinski definition) is 1. The van der Waals surface area contributed by atoms with Gasteiger partial charge in [-0.2, -0.15) is 10.4 Å². The van der Waals surface area contributed by atoms with Gasteiger partial charge in [-0.25, -0.2) is 0 Å². The van der Waals surface area contributed by atoms with Gasteiger partial charge in [-0.15, -0.1) is 12.4 Å². The number of hydrogen-bond acceptors (Lipinski definition) is 4. The van der Waals surface area contributed by atoms with Crippen LogP contribution in [0.1, 0.15) is 31.9 Å². The number of amides is 1. The molecule has 0 aromatic carbocycles. The summed E-state index contributed by atoms with van der Waals surface area (Å²) >= 11 is 0. The van der Waals surface area contributed by atoms with Gasteiger partial charge in [-0.3, -0.25) is 9.48 Å². The lowest BCUT2D eigenvalue weighted by atomic mass is 9.98. The van der Waals surface area contributed by atoms with Crippen molar-refractivity contribution in [2.24, 2.45) is 11.7 Å². The number of rotatable bonds is 4. The first-order valence-electron chi connectivity index (χ1n) is 7.08. The summed E-state index contributed by atoms with van der Waals surface area (Å²) in [7, 11) is 0. The van der Waals surface area contributed by atoms with E-state index in [-0.39, 0.29) is 18.3 Å². The molecule has 1 aromatic rings. The zero-order valence-corrected chi connectivity index (χ0v) is 13.1. The van der Waals surface area contributed by atoms with Crippen LogP contribution in [0.3, 0.4) is 0 Å². The van der Waals surface area contributed by atoms with E-state index in [2.05, 4.69) is 18.1 Å². The van der Waals surface area contributed by atoms with Crippen LogP contribution in [0.15, 0.2) is 12.3 Å². The number of aryl methyl sites for hydroxylation is 1. The number of nitrogens with zero attached hydrogens (tertiary/aromatic N) is 4. The molecule has 0 spiro atoms. The van der Waals surface area contributed by atoms with E-state index in [0.717, 1.165) is 25.9 Å². The number of nitrogens with two attached hydrogens (primary N) is 1. The van der Waals surface area contributed by atoms with Crippen molar-refractivity contribution >= 4 is 18.3 Å². The fourth-order valence-corrected chi connectivity index (χ4v) is 2.45. The molecule has 1 amide bonds. The summed E-state index contributed by atoms with van der Waals surface area (Å²) in [6, 6.07) is 3.20. The molecule has 1 aliphatic heterocycles. The molecule has 1 aromatic heterocycles. The van der Waals surface area contributed by atoms with Crippen molar-refractivity contribution < 1.29 is 4.79 Å². The monoisotopic (exact) mass is 311 g/mol. The summed E-state index contributed by atoms with van der Waals surface area (Å²) in [6.45, 7) is 4.31. The van der Waals surface area contributed by atoms with E-state index in [0.29, 0.717) is 24.6 Å². The lowest BCUT2D eigenvalue weighted by Gasteiger charge is -2.32. The zero-order valence-electron chi connectivity index (χ0n) is 12.2. The Morgan fingerprint density at radius 1 is 1.57 bits per heavy atom. The molecule has 0 radical (unpaired) electrons. The van der Waals surface area contributed by atoms with Crippen LogP contribution in [0, 0.1) is 17.2 Å². The lowest BCUT2D eigenvalue weighted by Crippen LogP contribution is -2.47. The van der Waals surface area contributed by atoms with Crippen LogP contribution in [0.2, 0.25) is 0 Å². The van der Waals surface area contributed by atoms with Crippen LogP contribution in [-0.2, 0) is 11.3 Å². The molecule has 1 saturated heterocycles. The van der Waals surface area contributed by atoms with Crippen molar-refractivity contribution in [2.45, 2.75) is 38.8 Å². The first-order valence-corrected chi connectivity index (χ1v) is 7.08. The van der Waals surface area contributed by atoms with Gasteiger partial charge in [0.05, 0.1) is 12.2 Å². The molecular formula is C14H22ClN5O. The topological polar surface area (TPSA) is 87.9 Å². The van der Waals surface area contributed by atoms with Crippen molar-refractivity contribution in [2.75, 3.05) is 13.1 Å². The van der Waals surface area contributed by atoms with Crippen LogP contribution >= 0.6 is 12.4 Å². The van der Waals surface area contributed by atoms with Gasteiger partial charge in [0.1, 0.15) is 11.8 Å². The average molecular weight is 312 g/mol. The Balaban J connectivity index is 0.00000220. The summed E-state index contributed by atoms with van der Waals surface area (Å²) in [5.41, 5.74) is 6.47. The first-order chi connectivity index (χ1) is 9.61. The molecule has 1 fully saturated rings. The van der Waals surface area contributed by atoms with Gasteiger partial charge in [0.15, 0.2) is 0 Å². The van der Waals surface area contributed by atoms with E-state index < -0.39 is 6.04 Å². The third-order valence-electron chi connectivity index (χ3n) is 3.90. The molecule has 7 heteroatoms. The van der Waals surface area contributed by atoms with Gasteiger partial charge >= 0.3 is 0 Å². The second-order valence-corrected chi connectivity index (χ2v) is 5.45.